The maximum atomic E-state index is 12.2. The number of aryl methyl sites for hydroxylation is 1. The number of aromatic nitrogens is 2. The molecule has 0 saturated heterocycles. The molecule has 2 aromatic rings. The Bertz CT molecular complexity index is 822. The number of anilines is 1. The second kappa shape index (κ2) is 5.95. The van der Waals surface area contributed by atoms with E-state index in [4.69, 9.17) is 5.26 Å². The molecule has 0 unspecified atom stereocenters. The molecule has 1 amide bonds. The summed E-state index contributed by atoms with van der Waals surface area (Å²) >= 11 is 3.28. The molecule has 0 radical (unpaired) electrons. The first-order valence-electron chi connectivity index (χ1n) is 6.04. The topological polar surface area (TPSA) is 114 Å². The minimum atomic E-state index is -0.606. The number of hydrogen-bond acceptors (Lipinski definition) is 5. The fraction of sp³-hybridized carbons (Fsp3) is 0.154. The summed E-state index contributed by atoms with van der Waals surface area (Å²) in [6.07, 6.45) is 0. The number of halogens is 1. The summed E-state index contributed by atoms with van der Waals surface area (Å²) in [5.74, 6) is -0.513. The molecule has 0 saturated carbocycles. The van der Waals surface area contributed by atoms with E-state index in [1.165, 1.54) is 12.1 Å². The van der Waals surface area contributed by atoms with Gasteiger partial charge in [-0.25, -0.2) is 0 Å². The minimum Gasteiger partial charge on any atom is -0.319 e. The van der Waals surface area contributed by atoms with Crippen molar-refractivity contribution in [2.24, 2.45) is 7.05 Å². The highest BCUT2D eigenvalue weighted by atomic mass is 79.9. The van der Waals surface area contributed by atoms with Gasteiger partial charge < -0.3 is 5.32 Å². The predicted molar refractivity (Wildman–Crippen MR) is 81.4 cm³/mol. The van der Waals surface area contributed by atoms with E-state index in [2.05, 4.69) is 26.3 Å². The number of benzene rings is 1. The van der Waals surface area contributed by atoms with Crippen LogP contribution in [0.3, 0.4) is 0 Å². The van der Waals surface area contributed by atoms with E-state index in [1.807, 2.05) is 6.07 Å². The molecule has 1 N–H and O–H groups in total. The Kier molecular flexibility index (Phi) is 4.23. The van der Waals surface area contributed by atoms with Gasteiger partial charge in [0.2, 0.25) is 0 Å². The Morgan fingerprint density at radius 3 is 2.73 bits per heavy atom. The first-order valence-corrected chi connectivity index (χ1v) is 6.83. The van der Waals surface area contributed by atoms with E-state index in [9.17, 15) is 14.9 Å². The van der Waals surface area contributed by atoms with Crippen LogP contribution in [-0.4, -0.2) is 20.6 Å². The Balaban J connectivity index is 2.34. The number of nitro groups is 1. The molecule has 0 fully saturated rings. The van der Waals surface area contributed by atoms with Crippen LogP contribution in [0.1, 0.15) is 21.7 Å². The molecular weight excluding hydrogens is 354 g/mol. The summed E-state index contributed by atoms with van der Waals surface area (Å²) in [6, 6.07) is 5.46. The maximum absolute atomic E-state index is 12.2. The summed E-state index contributed by atoms with van der Waals surface area (Å²) < 4.78 is 2.09. The number of non-ortho nitro benzene ring substituents is 1. The van der Waals surface area contributed by atoms with Crippen LogP contribution in [0, 0.1) is 28.4 Å². The summed E-state index contributed by atoms with van der Waals surface area (Å²) in [4.78, 5) is 22.3. The van der Waals surface area contributed by atoms with Crippen molar-refractivity contribution in [3.63, 3.8) is 0 Å². The summed E-state index contributed by atoms with van der Waals surface area (Å²) in [6.45, 7) is 1.79. The molecule has 9 heteroatoms. The molecule has 8 nitrogen and oxygen atoms in total. The number of nitriles is 1. The van der Waals surface area contributed by atoms with Crippen LogP contribution >= 0.6 is 15.9 Å². The van der Waals surface area contributed by atoms with Gasteiger partial charge in [0.05, 0.1) is 26.3 Å². The van der Waals surface area contributed by atoms with Gasteiger partial charge >= 0.3 is 0 Å². The summed E-state index contributed by atoms with van der Waals surface area (Å²) in [5.41, 5.74) is 0.917. The number of carbonyl (C=O) groups excluding carboxylic acids is 1. The number of carbonyl (C=O) groups is 1. The van der Waals surface area contributed by atoms with E-state index in [1.54, 1.807) is 18.7 Å². The molecule has 2 rings (SSSR count). The smallest absolute Gasteiger partial charge is 0.277 e. The Morgan fingerprint density at radius 1 is 1.55 bits per heavy atom. The third-order valence-corrected chi connectivity index (χ3v) is 4.01. The van der Waals surface area contributed by atoms with E-state index in [-0.39, 0.29) is 22.6 Å². The molecule has 1 heterocycles. The predicted octanol–water partition coefficient (Wildman–Crippen LogP) is 2.52. The fourth-order valence-electron chi connectivity index (χ4n) is 1.76. The van der Waals surface area contributed by atoms with Crippen molar-refractivity contribution in [2.45, 2.75) is 6.92 Å². The highest BCUT2D eigenvalue weighted by Gasteiger charge is 2.19. The van der Waals surface area contributed by atoms with Crippen molar-refractivity contribution in [1.82, 2.24) is 9.78 Å². The van der Waals surface area contributed by atoms with E-state index >= 15 is 0 Å². The fourth-order valence-corrected chi connectivity index (χ4v) is 2.27. The molecule has 0 bridgehead atoms. The molecule has 0 aliphatic heterocycles. The molecule has 1 aromatic carbocycles. The average molecular weight is 364 g/mol. The lowest BCUT2D eigenvalue weighted by molar-refractivity contribution is -0.384. The quantitative estimate of drug-likeness (QED) is 0.664. The number of nitrogens with zero attached hydrogens (tertiary/aromatic N) is 4. The average Bonchev–Trinajstić information content (AvgIpc) is 2.75. The highest BCUT2D eigenvalue weighted by Crippen LogP contribution is 2.24. The standard InChI is InChI=1S/C13H10BrN5O3/c1-7-11(14)12(17-18(7)2)13(20)16-10-4-3-9(19(21)22)5-8(10)6-15/h3-5H,1-2H3,(H,16,20). The van der Waals surface area contributed by atoms with Crippen LogP contribution in [0.15, 0.2) is 22.7 Å². The first kappa shape index (κ1) is 15.7. The van der Waals surface area contributed by atoms with Gasteiger partial charge in [0.15, 0.2) is 5.69 Å². The molecule has 1 aromatic heterocycles. The zero-order valence-electron chi connectivity index (χ0n) is 11.6. The summed E-state index contributed by atoms with van der Waals surface area (Å²) in [7, 11) is 1.70. The normalized spacial score (nSPS) is 10.1. The number of rotatable bonds is 3. The number of nitro benzene ring substituents is 1. The Morgan fingerprint density at radius 2 is 2.23 bits per heavy atom. The molecule has 0 spiro atoms. The third-order valence-electron chi connectivity index (χ3n) is 3.06. The number of nitrogens with one attached hydrogen (secondary N) is 1. The lowest BCUT2D eigenvalue weighted by atomic mass is 10.1. The zero-order valence-corrected chi connectivity index (χ0v) is 13.2. The molecule has 22 heavy (non-hydrogen) atoms. The maximum Gasteiger partial charge on any atom is 0.277 e. The van der Waals surface area contributed by atoms with Gasteiger partial charge in [-0.3, -0.25) is 19.6 Å². The number of hydrogen-bond donors (Lipinski definition) is 1. The van der Waals surface area contributed by atoms with Crippen LogP contribution in [-0.2, 0) is 7.05 Å². The van der Waals surface area contributed by atoms with Gasteiger partial charge in [-0.15, -0.1) is 0 Å². The second-order valence-electron chi connectivity index (χ2n) is 4.42. The third kappa shape index (κ3) is 2.82. The highest BCUT2D eigenvalue weighted by molar-refractivity contribution is 9.10. The van der Waals surface area contributed by atoms with Crippen LogP contribution in [0.4, 0.5) is 11.4 Å². The van der Waals surface area contributed by atoms with Crippen LogP contribution < -0.4 is 5.32 Å². The van der Waals surface area contributed by atoms with Gasteiger partial charge in [0, 0.05) is 19.2 Å². The van der Waals surface area contributed by atoms with Gasteiger partial charge in [-0.1, -0.05) is 0 Å². The summed E-state index contributed by atoms with van der Waals surface area (Å²) in [5, 5.41) is 26.4. The molecule has 0 atom stereocenters. The van der Waals surface area contributed by atoms with Crippen molar-refractivity contribution in [3.8, 4) is 6.07 Å². The van der Waals surface area contributed by atoms with E-state index in [0.717, 1.165) is 11.8 Å². The molecule has 112 valence electrons. The Labute approximate surface area is 133 Å². The van der Waals surface area contributed by atoms with Crippen molar-refractivity contribution in [1.29, 1.82) is 5.26 Å². The first-order chi connectivity index (χ1) is 10.3. The second-order valence-corrected chi connectivity index (χ2v) is 5.22. The van der Waals surface area contributed by atoms with Gasteiger partial charge in [0.25, 0.3) is 11.6 Å². The lowest BCUT2D eigenvalue weighted by Gasteiger charge is -2.05. The Hall–Kier alpha value is -2.73. The van der Waals surface area contributed by atoms with Crippen LogP contribution in [0.2, 0.25) is 0 Å². The van der Waals surface area contributed by atoms with Crippen LogP contribution in [0.5, 0.6) is 0 Å². The van der Waals surface area contributed by atoms with Gasteiger partial charge in [-0.2, -0.15) is 10.4 Å². The lowest BCUT2D eigenvalue weighted by Crippen LogP contribution is -2.14. The monoisotopic (exact) mass is 363 g/mol. The number of amides is 1. The van der Waals surface area contributed by atoms with E-state index < -0.39 is 10.8 Å². The van der Waals surface area contributed by atoms with E-state index in [0.29, 0.717) is 4.47 Å². The van der Waals surface area contributed by atoms with Crippen molar-refractivity contribution >= 4 is 33.2 Å². The zero-order chi connectivity index (χ0) is 16.4. The molecule has 0 aliphatic carbocycles. The molecular formula is C13H10BrN5O3. The largest absolute Gasteiger partial charge is 0.319 e. The SMILES string of the molecule is Cc1c(Br)c(C(=O)Nc2ccc([N+](=O)[O-])cc2C#N)nn1C. The van der Waals surface area contributed by atoms with Crippen molar-refractivity contribution in [2.75, 3.05) is 5.32 Å². The minimum absolute atomic E-state index is 0.00586. The van der Waals surface area contributed by atoms with Gasteiger partial charge in [-0.05, 0) is 28.9 Å². The molecule has 0 aliphatic rings. The van der Waals surface area contributed by atoms with Crippen molar-refractivity contribution < 1.29 is 9.72 Å². The van der Waals surface area contributed by atoms with Crippen LogP contribution in [0.25, 0.3) is 0 Å². The van der Waals surface area contributed by atoms with Gasteiger partial charge in [0.1, 0.15) is 6.07 Å². The van der Waals surface area contributed by atoms with Crippen molar-refractivity contribution in [3.05, 3.63) is 49.7 Å².